The zero-order chi connectivity index (χ0) is 15.2. The minimum Gasteiger partial charge on any atom is -0.384 e. The smallest absolute Gasteiger partial charge is 0.249 e. The number of carbonyl (C=O) groups excluding carboxylic acids is 2. The van der Waals surface area contributed by atoms with Gasteiger partial charge >= 0.3 is 0 Å². The third-order valence-electron chi connectivity index (χ3n) is 3.73. The van der Waals surface area contributed by atoms with Crippen LogP contribution in [0.15, 0.2) is 24.3 Å². The maximum atomic E-state index is 12.6. The molecule has 1 aromatic carbocycles. The molecule has 5 nitrogen and oxygen atoms in total. The molecule has 0 saturated carbocycles. The van der Waals surface area contributed by atoms with Gasteiger partial charge in [0, 0.05) is 25.8 Å². The lowest BCUT2D eigenvalue weighted by atomic mass is 10.1. The Balaban J connectivity index is 2.30. The molecule has 0 bridgehead atoms. The zero-order valence-electron chi connectivity index (χ0n) is 12.6. The molecule has 21 heavy (non-hydrogen) atoms. The van der Waals surface area contributed by atoms with Crippen molar-refractivity contribution in [2.45, 2.75) is 32.2 Å². The van der Waals surface area contributed by atoms with Gasteiger partial charge in [-0.3, -0.25) is 9.59 Å². The summed E-state index contributed by atoms with van der Waals surface area (Å²) in [5.41, 5.74) is 1.95. The van der Waals surface area contributed by atoms with Crippen molar-refractivity contribution in [2.75, 3.05) is 25.2 Å². The first-order chi connectivity index (χ1) is 10.2. The van der Waals surface area contributed by atoms with Crippen LogP contribution in [0.1, 0.15) is 25.3 Å². The molecular weight excluding hydrogens is 268 g/mol. The molecule has 1 fully saturated rings. The van der Waals surface area contributed by atoms with Crippen LogP contribution < -0.4 is 10.2 Å². The molecule has 1 atom stereocenters. The number of hydrogen-bond acceptors (Lipinski definition) is 3. The number of amides is 2. The summed E-state index contributed by atoms with van der Waals surface area (Å²) in [6, 6.07) is 7.38. The standard InChI is InChI=1S/C16H22N2O3/c1-3-13-16(20)18(10-8-15(19)17-13)14-7-5-4-6-12(14)9-11-21-2/h4-7,13H,3,8-11H2,1-2H3,(H,17,19). The molecule has 1 aliphatic rings. The quantitative estimate of drug-likeness (QED) is 0.894. The highest BCUT2D eigenvalue weighted by molar-refractivity contribution is 6.01. The van der Waals surface area contributed by atoms with Crippen LogP contribution in [0.5, 0.6) is 0 Å². The Labute approximate surface area is 125 Å². The SMILES string of the molecule is CCC1NC(=O)CCN(c2ccccc2CCOC)C1=O. The fourth-order valence-electron chi connectivity index (χ4n) is 2.55. The number of hydrogen-bond donors (Lipinski definition) is 1. The van der Waals surface area contributed by atoms with E-state index in [1.165, 1.54) is 0 Å². The Kier molecular flexibility index (Phi) is 5.33. The highest BCUT2D eigenvalue weighted by atomic mass is 16.5. The summed E-state index contributed by atoms with van der Waals surface area (Å²) in [6.07, 6.45) is 1.68. The summed E-state index contributed by atoms with van der Waals surface area (Å²) in [4.78, 5) is 26.1. The first-order valence-corrected chi connectivity index (χ1v) is 7.35. The van der Waals surface area contributed by atoms with Crippen molar-refractivity contribution in [1.82, 2.24) is 5.32 Å². The Hall–Kier alpha value is -1.88. The topological polar surface area (TPSA) is 58.6 Å². The van der Waals surface area contributed by atoms with E-state index < -0.39 is 6.04 Å². The lowest BCUT2D eigenvalue weighted by molar-refractivity contribution is -0.125. The predicted molar refractivity (Wildman–Crippen MR) is 81.2 cm³/mol. The third-order valence-corrected chi connectivity index (χ3v) is 3.73. The lowest BCUT2D eigenvalue weighted by Crippen LogP contribution is -2.44. The number of benzene rings is 1. The molecule has 0 spiro atoms. The molecule has 114 valence electrons. The molecule has 0 aliphatic carbocycles. The first kappa shape index (κ1) is 15.5. The van der Waals surface area contributed by atoms with Gasteiger partial charge < -0.3 is 15.0 Å². The van der Waals surface area contributed by atoms with E-state index in [0.717, 1.165) is 17.7 Å². The van der Waals surface area contributed by atoms with E-state index in [-0.39, 0.29) is 11.8 Å². The van der Waals surface area contributed by atoms with E-state index in [1.807, 2.05) is 31.2 Å². The van der Waals surface area contributed by atoms with Crippen LogP contribution in [0.25, 0.3) is 0 Å². The van der Waals surface area contributed by atoms with Gasteiger partial charge in [-0.25, -0.2) is 0 Å². The molecular formula is C16H22N2O3. The van der Waals surface area contributed by atoms with Gasteiger partial charge in [-0.15, -0.1) is 0 Å². The van der Waals surface area contributed by atoms with Crippen LogP contribution in [0, 0.1) is 0 Å². The summed E-state index contributed by atoms with van der Waals surface area (Å²) in [5.74, 6) is -0.0970. The number of anilines is 1. The van der Waals surface area contributed by atoms with Crippen molar-refractivity contribution in [3.63, 3.8) is 0 Å². The monoisotopic (exact) mass is 290 g/mol. The number of nitrogens with one attached hydrogen (secondary N) is 1. The van der Waals surface area contributed by atoms with Crippen LogP contribution >= 0.6 is 0 Å². The first-order valence-electron chi connectivity index (χ1n) is 7.35. The Morgan fingerprint density at radius 1 is 1.33 bits per heavy atom. The summed E-state index contributed by atoms with van der Waals surface area (Å²) in [5, 5.41) is 2.79. The van der Waals surface area contributed by atoms with Crippen LogP contribution in [-0.2, 0) is 20.7 Å². The van der Waals surface area contributed by atoms with Crippen molar-refractivity contribution in [1.29, 1.82) is 0 Å². The third kappa shape index (κ3) is 3.61. The minimum absolute atomic E-state index is 0.0341. The number of ether oxygens (including phenoxy) is 1. The van der Waals surface area contributed by atoms with Gasteiger partial charge in [-0.1, -0.05) is 25.1 Å². The maximum Gasteiger partial charge on any atom is 0.249 e. The van der Waals surface area contributed by atoms with Gasteiger partial charge in [0.15, 0.2) is 0 Å². The molecule has 1 heterocycles. The molecule has 1 aliphatic heterocycles. The fraction of sp³-hybridized carbons (Fsp3) is 0.500. The Morgan fingerprint density at radius 2 is 2.10 bits per heavy atom. The van der Waals surface area contributed by atoms with Gasteiger partial charge in [-0.2, -0.15) is 0 Å². The molecule has 5 heteroatoms. The second-order valence-corrected chi connectivity index (χ2v) is 5.14. The largest absolute Gasteiger partial charge is 0.384 e. The van der Waals surface area contributed by atoms with Crippen molar-refractivity contribution in [3.8, 4) is 0 Å². The molecule has 1 aromatic rings. The molecule has 1 unspecified atom stereocenters. The number of para-hydroxylation sites is 1. The zero-order valence-corrected chi connectivity index (χ0v) is 12.6. The second kappa shape index (κ2) is 7.22. The minimum atomic E-state index is -0.435. The predicted octanol–water partition coefficient (Wildman–Crippen LogP) is 1.51. The van der Waals surface area contributed by atoms with Gasteiger partial charge in [0.25, 0.3) is 0 Å². The molecule has 0 radical (unpaired) electrons. The highest BCUT2D eigenvalue weighted by Crippen LogP contribution is 2.23. The number of carbonyl (C=O) groups is 2. The Morgan fingerprint density at radius 3 is 2.81 bits per heavy atom. The van der Waals surface area contributed by atoms with Crippen molar-refractivity contribution >= 4 is 17.5 Å². The van der Waals surface area contributed by atoms with Crippen LogP contribution in [-0.4, -0.2) is 38.1 Å². The van der Waals surface area contributed by atoms with E-state index in [0.29, 0.717) is 26.0 Å². The van der Waals surface area contributed by atoms with E-state index in [9.17, 15) is 9.59 Å². The van der Waals surface area contributed by atoms with Crippen molar-refractivity contribution in [3.05, 3.63) is 29.8 Å². The average molecular weight is 290 g/mol. The van der Waals surface area contributed by atoms with E-state index in [2.05, 4.69) is 5.32 Å². The van der Waals surface area contributed by atoms with Crippen LogP contribution in [0.2, 0.25) is 0 Å². The van der Waals surface area contributed by atoms with E-state index >= 15 is 0 Å². The summed E-state index contributed by atoms with van der Waals surface area (Å²) < 4.78 is 5.13. The van der Waals surface area contributed by atoms with Gasteiger partial charge in [0.1, 0.15) is 6.04 Å². The van der Waals surface area contributed by atoms with Crippen LogP contribution in [0.4, 0.5) is 5.69 Å². The normalized spacial score (nSPS) is 19.3. The molecule has 0 aromatic heterocycles. The lowest BCUT2D eigenvalue weighted by Gasteiger charge is -2.25. The van der Waals surface area contributed by atoms with Gasteiger partial charge in [0.2, 0.25) is 11.8 Å². The molecule has 2 rings (SSSR count). The van der Waals surface area contributed by atoms with Gasteiger partial charge in [0.05, 0.1) is 6.61 Å². The number of methoxy groups -OCH3 is 1. The highest BCUT2D eigenvalue weighted by Gasteiger charge is 2.30. The number of nitrogens with zero attached hydrogens (tertiary/aromatic N) is 1. The fourth-order valence-corrected chi connectivity index (χ4v) is 2.55. The van der Waals surface area contributed by atoms with E-state index in [4.69, 9.17) is 4.74 Å². The summed E-state index contributed by atoms with van der Waals surface area (Å²) in [7, 11) is 1.66. The van der Waals surface area contributed by atoms with E-state index in [1.54, 1.807) is 12.0 Å². The molecule has 1 N–H and O–H groups in total. The average Bonchev–Trinajstić information content (AvgIpc) is 2.64. The van der Waals surface area contributed by atoms with Crippen molar-refractivity contribution in [2.24, 2.45) is 0 Å². The van der Waals surface area contributed by atoms with Crippen LogP contribution in [0.3, 0.4) is 0 Å². The van der Waals surface area contributed by atoms with Gasteiger partial charge in [-0.05, 0) is 24.5 Å². The molecule has 1 saturated heterocycles. The summed E-state index contributed by atoms with van der Waals surface area (Å²) in [6.45, 7) is 2.93. The molecule has 2 amide bonds. The summed E-state index contributed by atoms with van der Waals surface area (Å²) >= 11 is 0. The van der Waals surface area contributed by atoms with Crippen molar-refractivity contribution < 1.29 is 14.3 Å². The maximum absolute atomic E-state index is 12.6. The number of rotatable bonds is 5. The Bertz CT molecular complexity index is 516. The second-order valence-electron chi connectivity index (χ2n) is 5.14.